The number of carbonyl (C=O) groups excluding carboxylic acids is 2. The molecule has 3 aromatic rings. The van der Waals surface area contributed by atoms with Crippen molar-refractivity contribution in [1.82, 2.24) is 9.88 Å². The molecule has 1 aliphatic heterocycles. The third-order valence-electron chi connectivity index (χ3n) is 6.86. The Morgan fingerprint density at radius 2 is 1.69 bits per heavy atom. The molecule has 5 rings (SSSR count). The standard InChI is InChI=1S/C30H32N2O4/c1-19-13-23(15-22-9-5-4-6-10-22)29-25(14-19)28(24-11-7-8-12-26(24)31-29)30(34)35-18-27(33)32-16-20(2)36-21(3)17-32/h4-12,15,19-21H,13-14,16-18H2,1-3H3/b23-15-/t19-,20+,21+/m0/s1. The maximum Gasteiger partial charge on any atom is 0.339 e. The van der Waals surface area contributed by atoms with E-state index in [1.165, 1.54) is 0 Å². The highest BCUT2D eigenvalue weighted by Gasteiger charge is 2.30. The van der Waals surface area contributed by atoms with Crippen LogP contribution in [-0.2, 0) is 20.7 Å². The van der Waals surface area contributed by atoms with Gasteiger partial charge in [0.05, 0.1) is 29.0 Å². The van der Waals surface area contributed by atoms with Crippen LogP contribution < -0.4 is 0 Å². The van der Waals surface area contributed by atoms with Crippen LogP contribution in [0.3, 0.4) is 0 Å². The molecule has 6 heteroatoms. The Kier molecular flexibility index (Phi) is 6.88. The van der Waals surface area contributed by atoms with Gasteiger partial charge in [-0.3, -0.25) is 4.79 Å². The van der Waals surface area contributed by atoms with Crippen molar-refractivity contribution in [2.45, 2.75) is 45.8 Å². The number of pyridine rings is 1. The SMILES string of the molecule is C[C@H]1C/C(=C/c2ccccc2)c2nc3ccccc3c(C(=O)OCC(=O)N3C[C@@H](C)O[C@H](C)C3)c2C1. The fourth-order valence-corrected chi connectivity index (χ4v) is 5.39. The van der Waals surface area contributed by atoms with Crippen LogP contribution in [0.2, 0.25) is 0 Å². The first-order valence-corrected chi connectivity index (χ1v) is 12.7. The predicted molar refractivity (Wildman–Crippen MR) is 140 cm³/mol. The van der Waals surface area contributed by atoms with Crippen LogP contribution in [0.5, 0.6) is 0 Å². The number of ether oxygens (including phenoxy) is 2. The molecule has 0 unspecified atom stereocenters. The van der Waals surface area contributed by atoms with E-state index in [4.69, 9.17) is 14.5 Å². The molecule has 6 nitrogen and oxygen atoms in total. The fourth-order valence-electron chi connectivity index (χ4n) is 5.39. The molecule has 1 aromatic heterocycles. The lowest BCUT2D eigenvalue weighted by atomic mass is 9.80. The second kappa shape index (κ2) is 10.2. The van der Waals surface area contributed by atoms with Gasteiger partial charge in [-0.25, -0.2) is 9.78 Å². The lowest BCUT2D eigenvalue weighted by Crippen LogP contribution is -2.49. The molecule has 2 aliphatic rings. The smallest absolute Gasteiger partial charge is 0.339 e. The Morgan fingerprint density at radius 1 is 1.00 bits per heavy atom. The van der Waals surface area contributed by atoms with Gasteiger partial charge < -0.3 is 14.4 Å². The number of esters is 1. The van der Waals surface area contributed by atoms with Crippen molar-refractivity contribution in [3.05, 3.63) is 77.0 Å². The minimum Gasteiger partial charge on any atom is -0.452 e. The molecule has 3 atom stereocenters. The van der Waals surface area contributed by atoms with Crippen LogP contribution in [0.15, 0.2) is 54.6 Å². The number of para-hydroxylation sites is 1. The number of aromatic nitrogens is 1. The van der Waals surface area contributed by atoms with Gasteiger partial charge >= 0.3 is 5.97 Å². The van der Waals surface area contributed by atoms with Gasteiger partial charge in [-0.15, -0.1) is 0 Å². The molecule has 36 heavy (non-hydrogen) atoms. The highest BCUT2D eigenvalue weighted by molar-refractivity contribution is 6.07. The summed E-state index contributed by atoms with van der Waals surface area (Å²) in [4.78, 5) is 33.1. The zero-order valence-electron chi connectivity index (χ0n) is 21.1. The largest absolute Gasteiger partial charge is 0.452 e. The van der Waals surface area contributed by atoms with E-state index in [9.17, 15) is 9.59 Å². The molecule has 1 aliphatic carbocycles. The Hall–Kier alpha value is -3.51. The van der Waals surface area contributed by atoms with Crippen LogP contribution in [-0.4, -0.2) is 53.7 Å². The van der Waals surface area contributed by atoms with Gasteiger partial charge in [-0.1, -0.05) is 55.5 Å². The molecular formula is C30H32N2O4. The maximum absolute atomic E-state index is 13.6. The number of benzene rings is 2. The first-order valence-electron chi connectivity index (χ1n) is 12.7. The summed E-state index contributed by atoms with van der Waals surface area (Å²) in [7, 11) is 0. The molecule has 2 aromatic carbocycles. The van der Waals surface area contributed by atoms with E-state index >= 15 is 0 Å². The third-order valence-corrected chi connectivity index (χ3v) is 6.86. The minimum absolute atomic E-state index is 0.0409. The number of rotatable bonds is 4. The number of allylic oxidation sites excluding steroid dienone is 1. The van der Waals surface area contributed by atoms with Gasteiger partial charge in [-0.2, -0.15) is 0 Å². The van der Waals surface area contributed by atoms with Gasteiger partial charge in [0, 0.05) is 18.5 Å². The molecule has 0 spiro atoms. The summed E-state index contributed by atoms with van der Waals surface area (Å²) in [5.41, 5.74) is 5.25. The zero-order chi connectivity index (χ0) is 25.2. The highest BCUT2D eigenvalue weighted by Crippen LogP contribution is 2.38. The van der Waals surface area contributed by atoms with Gasteiger partial charge in [0.15, 0.2) is 6.61 Å². The average Bonchev–Trinajstić information content (AvgIpc) is 2.86. The summed E-state index contributed by atoms with van der Waals surface area (Å²) in [6.07, 6.45) is 3.70. The Bertz CT molecular complexity index is 1310. The zero-order valence-corrected chi connectivity index (χ0v) is 21.1. The lowest BCUT2D eigenvalue weighted by molar-refractivity contribution is -0.146. The van der Waals surface area contributed by atoms with Crippen molar-refractivity contribution < 1.29 is 19.1 Å². The topological polar surface area (TPSA) is 68.7 Å². The van der Waals surface area contributed by atoms with Crippen LogP contribution >= 0.6 is 0 Å². The van der Waals surface area contributed by atoms with E-state index < -0.39 is 5.97 Å². The average molecular weight is 485 g/mol. The van der Waals surface area contributed by atoms with E-state index in [1.807, 2.05) is 56.3 Å². The number of fused-ring (bicyclic) bond motifs is 2. The van der Waals surface area contributed by atoms with Crippen molar-refractivity contribution in [3.63, 3.8) is 0 Å². The Balaban J connectivity index is 1.49. The molecule has 0 N–H and O–H groups in total. The number of amides is 1. The van der Waals surface area contributed by atoms with Crippen molar-refractivity contribution in [2.75, 3.05) is 19.7 Å². The summed E-state index contributed by atoms with van der Waals surface area (Å²) < 4.78 is 11.4. The first-order chi connectivity index (χ1) is 17.4. The van der Waals surface area contributed by atoms with Crippen molar-refractivity contribution in [2.24, 2.45) is 5.92 Å². The molecule has 1 saturated heterocycles. The summed E-state index contributed by atoms with van der Waals surface area (Å²) in [6.45, 7) is 6.79. The molecular weight excluding hydrogens is 452 g/mol. The molecule has 2 heterocycles. The quantitative estimate of drug-likeness (QED) is 0.479. The Morgan fingerprint density at radius 3 is 2.44 bits per heavy atom. The van der Waals surface area contributed by atoms with Gasteiger partial charge in [0.2, 0.25) is 0 Å². The second-order valence-electron chi connectivity index (χ2n) is 10.1. The number of hydrogen-bond acceptors (Lipinski definition) is 5. The van der Waals surface area contributed by atoms with Crippen LogP contribution in [0, 0.1) is 5.92 Å². The van der Waals surface area contributed by atoms with Crippen molar-refractivity contribution in [1.29, 1.82) is 0 Å². The van der Waals surface area contributed by atoms with Crippen LogP contribution in [0.1, 0.15) is 54.4 Å². The van der Waals surface area contributed by atoms with Gasteiger partial charge in [0.25, 0.3) is 5.91 Å². The minimum atomic E-state index is -0.472. The molecule has 0 radical (unpaired) electrons. The predicted octanol–water partition coefficient (Wildman–Crippen LogP) is 5.15. The van der Waals surface area contributed by atoms with E-state index in [-0.39, 0.29) is 24.7 Å². The second-order valence-corrected chi connectivity index (χ2v) is 10.1. The highest BCUT2D eigenvalue weighted by atomic mass is 16.5. The number of hydrogen-bond donors (Lipinski definition) is 0. The van der Waals surface area contributed by atoms with Crippen LogP contribution in [0.25, 0.3) is 22.6 Å². The van der Waals surface area contributed by atoms with Gasteiger partial charge in [0.1, 0.15) is 0 Å². The van der Waals surface area contributed by atoms with Crippen LogP contribution in [0.4, 0.5) is 0 Å². The Labute approximate surface area is 211 Å². The van der Waals surface area contributed by atoms with Crippen molar-refractivity contribution >= 4 is 34.4 Å². The molecule has 1 amide bonds. The number of nitrogens with zero attached hydrogens (tertiary/aromatic N) is 2. The maximum atomic E-state index is 13.6. The third kappa shape index (κ3) is 5.05. The molecule has 186 valence electrons. The van der Waals surface area contributed by atoms with Crippen molar-refractivity contribution in [3.8, 4) is 0 Å². The number of morpholine rings is 1. The van der Waals surface area contributed by atoms with E-state index in [0.29, 0.717) is 24.6 Å². The van der Waals surface area contributed by atoms with Gasteiger partial charge in [-0.05, 0) is 61.4 Å². The monoisotopic (exact) mass is 484 g/mol. The molecule has 1 fully saturated rings. The fraction of sp³-hybridized carbons (Fsp3) is 0.367. The summed E-state index contributed by atoms with van der Waals surface area (Å²) in [6, 6.07) is 17.8. The van der Waals surface area contributed by atoms with E-state index in [2.05, 4.69) is 25.1 Å². The molecule has 0 bridgehead atoms. The first kappa shape index (κ1) is 24.2. The lowest BCUT2D eigenvalue weighted by Gasteiger charge is -2.35. The normalized spacial score (nSPS) is 22.9. The van der Waals surface area contributed by atoms with E-state index in [0.717, 1.165) is 46.1 Å². The summed E-state index contributed by atoms with van der Waals surface area (Å²) in [5.74, 6) is -0.323. The summed E-state index contributed by atoms with van der Waals surface area (Å²) in [5, 5.41) is 0.760. The summed E-state index contributed by atoms with van der Waals surface area (Å²) >= 11 is 0. The van der Waals surface area contributed by atoms with E-state index in [1.54, 1.807) is 4.90 Å². The number of carbonyl (C=O) groups is 2. The molecule has 0 saturated carbocycles.